The van der Waals surface area contributed by atoms with Crippen LogP contribution in [0.3, 0.4) is 0 Å². The summed E-state index contributed by atoms with van der Waals surface area (Å²) in [7, 11) is 0. The predicted octanol–water partition coefficient (Wildman–Crippen LogP) is 1.67. The number of nitrogens with zero attached hydrogens (tertiary/aromatic N) is 1. The number of carboxylic acid groups (broad SMARTS) is 1. The molecule has 2 aliphatic rings. The van der Waals surface area contributed by atoms with Crippen molar-refractivity contribution in [3.05, 3.63) is 35.9 Å². The van der Waals surface area contributed by atoms with E-state index in [4.69, 9.17) is 10.5 Å². The fourth-order valence-electron chi connectivity index (χ4n) is 4.99. The number of rotatable bonds is 9. The van der Waals surface area contributed by atoms with Crippen molar-refractivity contribution in [2.24, 2.45) is 11.7 Å². The maximum Gasteiger partial charge on any atom is 0.344 e. The molecule has 1 aliphatic carbocycles. The van der Waals surface area contributed by atoms with Gasteiger partial charge in [-0.2, -0.15) is 0 Å². The number of aryl methyl sites for hydroxylation is 1. The molecule has 1 heterocycles. The zero-order valence-electron chi connectivity index (χ0n) is 18.3. The topological polar surface area (TPSA) is 122 Å². The smallest absolute Gasteiger partial charge is 0.344 e. The van der Waals surface area contributed by atoms with Gasteiger partial charge < -0.3 is 14.7 Å². The van der Waals surface area contributed by atoms with Crippen LogP contribution in [0.1, 0.15) is 51.5 Å². The van der Waals surface area contributed by atoms with Crippen molar-refractivity contribution in [1.29, 1.82) is 0 Å². The standard InChI is InChI=1S/C23H33N3O5/c1-3-31-21(28)18(13-12-16-8-5-4-6-9-16)25-15(2)20(27)26-19-11-7-10-17(19)14-23(26,24)22(29)30/h4-6,8-9,15,17-19,25H,3,7,10-14,24H2,1-2H3,(H,29,30)/t15-,17-,18-,19-,23-/m0/s1. The number of carbonyl (C=O) groups is 3. The minimum Gasteiger partial charge on any atom is -0.478 e. The average molecular weight is 432 g/mol. The van der Waals surface area contributed by atoms with Gasteiger partial charge in [-0.25, -0.2) is 4.79 Å². The SMILES string of the molecule is CCOC(=O)[C@H](CCc1ccccc1)N[C@@H](C)C(=O)N1[C@H]2CCC[C@H]2C[C@@]1(N)C(=O)O. The molecule has 1 aromatic carbocycles. The van der Waals surface area contributed by atoms with Gasteiger partial charge in [0, 0.05) is 6.04 Å². The lowest BCUT2D eigenvalue weighted by Gasteiger charge is -2.37. The minimum atomic E-state index is -1.70. The number of ether oxygens (including phenoxy) is 1. The average Bonchev–Trinajstić information content (AvgIpc) is 3.29. The van der Waals surface area contributed by atoms with Gasteiger partial charge in [-0.15, -0.1) is 0 Å². The number of aliphatic carboxylic acids is 1. The summed E-state index contributed by atoms with van der Waals surface area (Å²) in [5, 5.41) is 12.9. The number of hydrogen-bond acceptors (Lipinski definition) is 6. The van der Waals surface area contributed by atoms with E-state index in [0.29, 0.717) is 12.8 Å². The second-order valence-electron chi connectivity index (χ2n) is 8.62. The van der Waals surface area contributed by atoms with Crippen molar-refractivity contribution in [2.75, 3.05) is 6.61 Å². The maximum atomic E-state index is 13.4. The predicted molar refractivity (Wildman–Crippen MR) is 115 cm³/mol. The van der Waals surface area contributed by atoms with Gasteiger partial charge >= 0.3 is 11.9 Å². The highest BCUT2D eigenvalue weighted by atomic mass is 16.5. The van der Waals surface area contributed by atoms with E-state index in [0.717, 1.165) is 24.8 Å². The quantitative estimate of drug-likeness (QED) is 0.508. The number of amides is 1. The molecule has 1 amide bonds. The summed E-state index contributed by atoms with van der Waals surface area (Å²) in [6, 6.07) is 8.15. The van der Waals surface area contributed by atoms with Crippen LogP contribution in [0.2, 0.25) is 0 Å². The Morgan fingerprint density at radius 1 is 1.29 bits per heavy atom. The Labute approximate surface area is 183 Å². The van der Waals surface area contributed by atoms with E-state index in [1.165, 1.54) is 4.90 Å². The normalized spacial score (nSPS) is 26.9. The van der Waals surface area contributed by atoms with Crippen molar-refractivity contribution in [2.45, 2.75) is 76.2 Å². The number of nitrogens with one attached hydrogen (secondary N) is 1. The lowest BCUT2D eigenvalue weighted by Crippen LogP contribution is -2.65. The lowest BCUT2D eigenvalue weighted by atomic mass is 9.99. The van der Waals surface area contributed by atoms with Gasteiger partial charge in [0.15, 0.2) is 5.66 Å². The van der Waals surface area contributed by atoms with E-state index in [1.54, 1.807) is 13.8 Å². The van der Waals surface area contributed by atoms with Crippen molar-refractivity contribution in [3.63, 3.8) is 0 Å². The molecule has 3 rings (SSSR count). The van der Waals surface area contributed by atoms with E-state index < -0.39 is 29.7 Å². The van der Waals surface area contributed by atoms with E-state index in [-0.39, 0.29) is 30.9 Å². The molecule has 1 aromatic rings. The Kier molecular flexibility index (Phi) is 7.33. The number of carboxylic acids is 1. The molecule has 1 aliphatic heterocycles. The minimum absolute atomic E-state index is 0.108. The van der Waals surface area contributed by atoms with Gasteiger partial charge in [0.2, 0.25) is 5.91 Å². The number of hydrogen-bond donors (Lipinski definition) is 3. The van der Waals surface area contributed by atoms with E-state index in [2.05, 4.69) is 5.32 Å². The second kappa shape index (κ2) is 9.78. The van der Waals surface area contributed by atoms with Crippen LogP contribution in [0.4, 0.5) is 0 Å². The molecule has 0 spiro atoms. The number of carbonyl (C=O) groups excluding carboxylic acids is 2. The summed E-state index contributed by atoms with van der Waals surface area (Å²) in [4.78, 5) is 39.2. The van der Waals surface area contributed by atoms with Gasteiger partial charge in [-0.3, -0.25) is 20.6 Å². The largest absolute Gasteiger partial charge is 0.478 e. The highest BCUT2D eigenvalue weighted by Crippen LogP contribution is 2.44. The summed E-state index contributed by atoms with van der Waals surface area (Å²) in [5.41, 5.74) is 5.61. The number of fused-ring (bicyclic) bond motifs is 1. The first-order valence-electron chi connectivity index (χ1n) is 11.1. The molecule has 0 unspecified atom stereocenters. The molecule has 1 saturated heterocycles. The molecular weight excluding hydrogens is 398 g/mol. The Balaban J connectivity index is 1.73. The van der Waals surface area contributed by atoms with Crippen molar-refractivity contribution >= 4 is 17.8 Å². The van der Waals surface area contributed by atoms with Crippen LogP contribution in [0, 0.1) is 5.92 Å². The molecule has 5 atom stereocenters. The van der Waals surface area contributed by atoms with Crippen LogP contribution in [0.5, 0.6) is 0 Å². The molecule has 0 aromatic heterocycles. The zero-order chi connectivity index (χ0) is 22.6. The van der Waals surface area contributed by atoms with Crippen LogP contribution in [0.15, 0.2) is 30.3 Å². The van der Waals surface area contributed by atoms with Crippen molar-refractivity contribution in [3.8, 4) is 0 Å². The van der Waals surface area contributed by atoms with Crippen LogP contribution in [-0.4, -0.2) is 58.2 Å². The Bertz CT molecular complexity index is 802. The molecule has 170 valence electrons. The van der Waals surface area contributed by atoms with Gasteiger partial charge in [0.05, 0.1) is 12.6 Å². The first kappa shape index (κ1) is 23.2. The third-order valence-electron chi connectivity index (χ3n) is 6.52. The molecule has 8 heteroatoms. The Morgan fingerprint density at radius 2 is 2.00 bits per heavy atom. The second-order valence-corrected chi connectivity index (χ2v) is 8.62. The first-order chi connectivity index (χ1) is 14.8. The van der Waals surface area contributed by atoms with Crippen molar-refractivity contribution in [1.82, 2.24) is 10.2 Å². The fourth-order valence-corrected chi connectivity index (χ4v) is 4.99. The number of likely N-dealkylation sites (tertiary alicyclic amines) is 1. The molecule has 1 saturated carbocycles. The number of benzene rings is 1. The van der Waals surface area contributed by atoms with Crippen LogP contribution >= 0.6 is 0 Å². The highest BCUT2D eigenvalue weighted by Gasteiger charge is 2.57. The maximum absolute atomic E-state index is 13.4. The number of nitrogens with two attached hydrogens (primary N) is 1. The molecule has 0 radical (unpaired) electrons. The number of esters is 1. The van der Waals surface area contributed by atoms with Crippen LogP contribution in [-0.2, 0) is 25.5 Å². The van der Waals surface area contributed by atoms with E-state index in [9.17, 15) is 19.5 Å². The van der Waals surface area contributed by atoms with E-state index in [1.807, 2.05) is 30.3 Å². The molecule has 0 bridgehead atoms. The fraction of sp³-hybridized carbons (Fsp3) is 0.609. The van der Waals surface area contributed by atoms with E-state index >= 15 is 0 Å². The van der Waals surface area contributed by atoms with Crippen molar-refractivity contribution < 1.29 is 24.2 Å². The zero-order valence-corrected chi connectivity index (χ0v) is 18.3. The summed E-state index contributed by atoms with van der Waals surface area (Å²) >= 11 is 0. The lowest BCUT2D eigenvalue weighted by molar-refractivity contribution is -0.159. The Morgan fingerprint density at radius 3 is 2.65 bits per heavy atom. The van der Waals surface area contributed by atoms with Gasteiger partial charge in [-0.05, 0) is 57.4 Å². The molecule has 4 N–H and O–H groups in total. The molecule has 2 fully saturated rings. The third kappa shape index (κ3) is 4.91. The van der Waals surface area contributed by atoms with Gasteiger partial charge in [-0.1, -0.05) is 36.8 Å². The summed E-state index contributed by atoms with van der Waals surface area (Å²) in [5.74, 6) is -1.88. The van der Waals surface area contributed by atoms with Crippen LogP contribution in [0.25, 0.3) is 0 Å². The van der Waals surface area contributed by atoms with Gasteiger partial charge in [0.25, 0.3) is 0 Å². The van der Waals surface area contributed by atoms with Crippen LogP contribution < -0.4 is 11.1 Å². The Hall–Kier alpha value is -2.45. The molecule has 31 heavy (non-hydrogen) atoms. The highest BCUT2D eigenvalue weighted by molar-refractivity contribution is 5.90. The molecule has 8 nitrogen and oxygen atoms in total. The monoisotopic (exact) mass is 431 g/mol. The summed E-state index contributed by atoms with van der Waals surface area (Å²) in [6.07, 6.45) is 3.96. The van der Waals surface area contributed by atoms with Gasteiger partial charge in [0.1, 0.15) is 6.04 Å². The summed E-state index contributed by atoms with van der Waals surface area (Å²) in [6.45, 7) is 3.63. The molecular formula is C23H33N3O5. The summed E-state index contributed by atoms with van der Waals surface area (Å²) < 4.78 is 5.20. The third-order valence-corrected chi connectivity index (χ3v) is 6.52. The first-order valence-corrected chi connectivity index (χ1v) is 11.1.